The normalized spacial score (nSPS) is 10.3. The molecule has 0 aliphatic carbocycles. The summed E-state index contributed by atoms with van der Waals surface area (Å²) in [4.78, 5) is 23.9. The number of hydrogen-bond donors (Lipinski definition) is 3. The Morgan fingerprint density at radius 1 is 1.08 bits per heavy atom. The van der Waals surface area contributed by atoms with Gasteiger partial charge in [0.05, 0.1) is 5.56 Å². The number of carboxylic acids is 1. The highest BCUT2D eigenvalue weighted by atomic mass is 32.2. The number of carbonyl (C=O) groups excluding carboxylic acids is 1. The number of amides is 1. The van der Waals surface area contributed by atoms with Crippen molar-refractivity contribution in [2.45, 2.75) is 4.90 Å². The largest absolute Gasteiger partial charge is 0.478 e. The molecule has 26 heavy (non-hydrogen) atoms. The lowest BCUT2D eigenvalue weighted by Gasteiger charge is -2.06. The van der Waals surface area contributed by atoms with Gasteiger partial charge in [-0.2, -0.15) is 10.5 Å². The van der Waals surface area contributed by atoms with Crippen LogP contribution in [0.3, 0.4) is 0 Å². The minimum Gasteiger partial charge on any atom is -0.478 e. The maximum Gasteiger partial charge on any atom is 0.335 e. The molecule has 0 radical (unpaired) electrons. The molecule has 0 atom stereocenters. The highest BCUT2D eigenvalue weighted by Crippen LogP contribution is 2.19. The zero-order valence-electron chi connectivity index (χ0n) is 13.3. The molecule has 0 aromatic heterocycles. The van der Waals surface area contributed by atoms with E-state index in [-0.39, 0.29) is 16.8 Å². The number of benzene rings is 2. The van der Waals surface area contributed by atoms with Gasteiger partial charge in [0.15, 0.2) is 0 Å². The van der Waals surface area contributed by atoms with Crippen LogP contribution in [-0.2, 0) is 4.79 Å². The first-order valence-corrected chi connectivity index (χ1v) is 8.02. The van der Waals surface area contributed by atoms with Gasteiger partial charge in [-0.15, -0.1) is 0 Å². The third-order valence-corrected chi connectivity index (χ3v) is 3.73. The quantitative estimate of drug-likeness (QED) is 0.310. The van der Waals surface area contributed by atoms with Crippen molar-refractivity contribution in [3.63, 3.8) is 0 Å². The van der Waals surface area contributed by atoms with Gasteiger partial charge in [-0.05, 0) is 54.2 Å². The number of rotatable bonds is 6. The number of thiocyanates is 1. The minimum atomic E-state index is -1.11. The van der Waals surface area contributed by atoms with Gasteiger partial charge in [0.2, 0.25) is 0 Å². The molecule has 1 amide bonds. The van der Waals surface area contributed by atoms with Gasteiger partial charge >= 0.3 is 5.97 Å². The number of hydrogen-bond acceptors (Lipinski definition) is 6. The number of carbonyl (C=O) groups is 2. The molecule has 3 N–H and O–H groups in total. The van der Waals surface area contributed by atoms with Gasteiger partial charge in [0, 0.05) is 22.5 Å². The lowest BCUT2D eigenvalue weighted by molar-refractivity contribution is -0.112. The Labute approximate surface area is 153 Å². The predicted octanol–water partition coefficient (Wildman–Crippen LogP) is 3.42. The van der Waals surface area contributed by atoms with Gasteiger partial charge in [0.25, 0.3) is 5.91 Å². The Morgan fingerprint density at radius 2 is 1.81 bits per heavy atom. The molecule has 0 bridgehead atoms. The number of nitrogens with zero attached hydrogens (tertiary/aromatic N) is 2. The molecule has 8 heteroatoms. The molecule has 0 saturated heterocycles. The molecule has 0 spiro atoms. The van der Waals surface area contributed by atoms with Crippen molar-refractivity contribution in [3.8, 4) is 11.5 Å². The topological polar surface area (TPSA) is 126 Å². The summed E-state index contributed by atoms with van der Waals surface area (Å²) >= 11 is 1.03. The van der Waals surface area contributed by atoms with Gasteiger partial charge in [0.1, 0.15) is 17.0 Å². The van der Waals surface area contributed by atoms with Crippen LogP contribution in [0.5, 0.6) is 0 Å². The smallest absolute Gasteiger partial charge is 0.335 e. The van der Waals surface area contributed by atoms with Gasteiger partial charge in [-0.1, -0.05) is 6.07 Å². The molecular weight excluding hydrogens is 352 g/mol. The summed E-state index contributed by atoms with van der Waals surface area (Å²) < 4.78 is 0. The van der Waals surface area contributed by atoms with Crippen molar-refractivity contribution in [1.29, 1.82) is 10.5 Å². The van der Waals surface area contributed by atoms with Crippen LogP contribution in [0.2, 0.25) is 0 Å². The fraction of sp³-hybridized carbons (Fsp3) is 0. The van der Waals surface area contributed by atoms with Crippen LogP contribution in [0.25, 0.3) is 0 Å². The number of thioether (sulfide) groups is 1. The first-order chi connectivity index (χ1) is 12.5. The second kappa shape index (κ2) is 8.92. The fourth-order valence-corrected chi connectivity index (χ4v) is 2.28. The maximum atomic E-state index is 12.2. The van der Waals surface area contributed by atoms with E-state index in [9.17, 15) is 9.59 Å². The summed E-state index contributed by atoms with van der Waals surface area (Å²) in [5.41, 5.74) is 0.759. The van der Waals surface area contributed by atoms with Crippen molar-refractivity contribution in [2.24, 2.45) is 0 Å². The summed E-state index contributed by atoms with van der Waals surface area (Å²) in [6.45, 7) is 0. The molecule has 0 aliphatic heterocycles. The van der Waals surface area contributed by atoms with Crippen LogP contribution in [0.15, 0.2) is 65.2 Å². The van der Waals surface area contributed by atoms with Crippen LogP contribution in [0, 0.1) is 22.0 Å². The zero-order valence-corrected chi connectivity index (χ0v) is 14.1. The summed E-state index contributed by atoms with van der Waals surface area (Å²) in [6, 6.07) is 14.4. The van der Waals surface area contributed by atoms with Gasteiger partial charge in [-0.3, -0.25) is 4.79 Å². The average molecular weight is 364 g/mol. The molecule has 0 heterocycles. The second-order valence-corrected chi connectivity index (χ2v) is 5.73. The maximum absolute atomic E-state index is 12.2. The van der Waals surface area contributed by atoms with E-state index in [2.05, 4.69) is 10.6 Å². The van der Waals surface area contributed by atoms with Crippen LogP contribution in [0.4, 0.5) is 11.4 Å². The van der Waals surface area contributed by atoms with Crippen molar-refractivity contribution < 1.29 is 14.7 Å². The number of nitriles is 2. The molecule has 0 aliphatic rings. The van der Waals surface area contributed by atoms with E-state index in [4.69, 9.17) is 15.6 Å². The third-order valence-electron chi connectivity index (χ3n) is 3.13. The Morgan fingerprint density at radius 3 is 2.42 bits per heavy atom. The van der Waals surface area contributed by atoms with Crippen LogP contribution < -0.4 is 10.6 Å². The van der Waals surface area contributed by atoms with Gasteiger partial charge in [-0.25, -0.2) is 4.79 Å². The lowest BCUT2D eigenvalue weighted by Crippen LogP contribution is -2.15. The number of aromatic carboxylic acids is 1. The van der Waals surface area contributed by atoms with Crippen molar-refractivity contribution in [3.05, 3.63) is 65.9 Å². The van der Waals surface area contributed by atoms with E-state index in [0.29, 0.717) is 5.69 Å². The minimum absolute atomic E-state index is 0.0266. The fourth-order valence-electron chi connectivity index (χ4n) is 1.90. The Kier molecular flexibility index (Phi) is 6.38. The summed E-state index contributed by atoms with van der Waals surface area (Å²) in [5, 5.41) is 34.0. The Bertz CT molecular complexity index is 940. The Hall–Kier alpha value is -3.75. The first kappa shape index (κ1) is 18.6. The third kappa shape index (κ3) is 5.13. The average Bonchev–Trinajstić information content (AvgIpc) is 2.64. The highest BCUT2D eigenvalue weighted by molar-refractivity contribution is 8.03. The van der Waals surface area contributed by atoms with Crippen molar-refractivity contribution in [1.82, 2.24) is 0 Å². The SMILES string of the molecule is N#CSc1ccc(N/C=C(/C#N)C(=O)Nc2cccc(C(=O)O)c2)cc1. The van der Waals surface area contributed by atoms with Gasteiger partial charge < -0.3 is 15.7 Å². The summed E-state index contributed by atoms with van der Waals surface area (Å²) in [6.07, 6.45) is 1.25. The molecule has 0 unspecified atom stereocenters. The monoisotopic (exact) mass is 364 g/mol. The molecule has 2 aromatic carbocycles. The molecule has 7 nitrogen and oxygen atoms in total. The zero-order chi connectivity index (χ0) is 18.9. The highest BCUT2D eigenvalue weighted by Gasteiger charge is 2.11. The van der Waals surface area contributed by atoms with E-state index in [0.717, 1.165) is 16.7 Å². The summed E-state index contributed by atoms with van der Waals surface area (Å²) in [7, 11) is 0. The van der Waals surface area contributed by atoms with E-state index in [1.54, 1.807) is 30.3 Å². The predicted molar refractivity (Wildman–Crippen MR) is 97.3 cm³/mol. The molecule has 128 valence electrons. The van der Waals surface area contributed by atoms with E-state index >= 15 is 0 Å². The summed E-state index contributed by atoms with van der Waals surface area (Å²) in [5.74, 6) is -1.78. The molecular formula is C18H12N4O3S. The number of anilines is 2. The molecule has 2 aromatic rings. The number of nitrogens with one attached hydrogen (secondary N) is 2. The molecule has 0 fully saturated rings. The van der Waals surface area contributed by atoms with E-state index in [1.165, 1.54) is 30.5 Å². The van der Waals surface area contributed by atoms with Crippen LogP contribution in [0.1, 0.15) is 10.4 Å². The molecule has 0 saturated carbocycles. The lowest BCUT2D eigenvalue weighted by atomic mass is 10.2. The standard InChI is InChI=1S/C18H12N4O3S/c19-9-13(10-21-14-4-6-16(7-5-14)26-11-20)17(23)22-15-3-1-2-12(8-15)18(24)25/h1-8,10,21H,(H,22,23)(H,24,25)/b13-10-. The number of carboxylic acid groups (broad SMARTS) is 1. The van der Waals surface area contributed by atoms with Crippen LogP contribution in [-0.4, -0.2) is 17.0 Å². The van der Waals surface area contributed by atoms with Crippen molar-refractivity contribution in [2.75, 3.05) is 10.6 Å². The van der Waals surface area contributed by atoms with E-state index in [1.807, 2.05) is 5.40 Å². The van der Waals surface area contributed by atoms with E-state index < -0.39 is 11.9 Å². The van der Waals surface area contributed by atoms with Crippen LogP contribution >= 0.6 is 11.8 Å². The first-order valence-electron chi connectivity index (χ1n) is 7.21. The Balaban J connectivity index is 2.07. The van der Waals surface area contributed by atoms with Crippen molar-refractivity contribution >= 4 is 35.0 Å². The second-order valence-electron chi connectivity index (χ2n) is 4.87. The molecule has 2 rings (SSSR count).